The van der Waals surface area contributed by atoms with E-state index < -0.39 is 0 Å². The number of carbonyl (C=O) groups excluding carboxylic acids is 1. The Labute approximate surface area is 199 Å². The van der Waals surface area contributed by atoms with Crippen LogP contribution in [0.3, 0.4) is 0 Å². The molecule has 0 saturated carbocycles. The van der Waals surface area contributed by atoms with Crippen LogP contribution in [0.5, 0.6) is 11.5 Å². The second-order valence-corrected chi connectivity index (χ2v) is 8.50. The number of nitrogens with one attached hydrogen (secondary N) is 2. The highest BCUT2D eigenvalue weighted by Crippen LogP contribution is 2.27. The Morgan fingerprint density at radius 1 is 1.09 bits per heavy atom. The van der Waals surface area contributed by atoms with Crippen molar-refractivity contribution in [1.29, 1.82) is 0 Å². The molecule has 0 spiro atoms. The number of thiocarbonyl (C=S) groups is 1. The number of amides is 1. The van der Waals surface area contributed by atoms with Gasteiger partial charge in [-0.1, -0.05) is 24.3 Å². The van der Waals surface area contributed by atoms with Gasteiger partial charge in [0, 0.05) is 36.2 Å². The van der Waals surface area contributed by atoms with E-state index in [1.807, 2.05) is 48.3 Å². The highest BCUT2D eigenvalue weighted by molar-refractivity contribution is 7.80. The summed E-state index contributed by atoms with van der Waals surface area (Å²) in [5, 5.41) is 8.68. The zero-order chi connectivity index (χ0) is 23.4. The number of fused-ring (bicyclic) bond motifs is 1. The Balaban J connectivity index is 1.36. The van der Waals surface area contributed by atoms with Crippen LogP contribution in [0.25, 0.3) is 10.9 Å². The monoisotopic (exact) mass is 466 g/mol. The number of nitrogens with zero attached hydrogens (tertiary/aromatic N) is 2. The van der Waals surface area contributed by atoms with Crippen molar-refractivity contribution in [2.45, 2.75) is 26.2 Å². The number of aryl methyl sites for hydroxylation is 1. The molecule has 1 aliphatic rings. The van der Waals surface area contributed by atoms with Gasteiger partial charge >= 0.3 is 0 Å². The molecule has 0 unspecified atom stereocenters. The summed E-state index contributed by atoms with van der Waals surface area (Å²) < 4.78 is 10.7. The Bertz CT molecular complexity index is 1160. The first kappa shape index (κ1) is 22.9. The van der Waals surface area contributed by atoms with Crippen molar-refractivity contribution in [2.24, 2.45) is 0 Å². The topological polar surface area (TPSA) is 69.8 Å². The number of methoxy groups -OCH3 is 2. The SMILES string of the molecule is COc1ccc(CCNC(=S)N2CCCN2C(=O)Cc2c(C)[nH]c3ccccc23)cc1OC. The Hall–Kier alpha value is -3.26. The first-order valence-electron chi connectivity index (χ1n) is 11.1. The number of benzene rings is 2. The summed E-state index contributed by atoms with van der Waals surface area (Å²) in [7, 11) is 3.26. The van der Waals surface area contributed by atoms with E-state index in [9.17, 15) is 4.79 Å². The molecule has 1 fully saturated rings. The van der Waals surface area contributed by atoms with Gasteiger partial charge in [-0.3, -0.25) is 14.8 Å². The first-order chi connectivity index (χ1) is 16.0. The lowest BCUT2D eigenvalue weighted by atomic mass is 10.1. The molecule has 1 aromatic heterocycles. The molecule has 8 heteroatoms. The Morgan fingerprint density at radius 2 is 1.85 bits per heavy atom. The van der Waals surface area contributed by atoms with Crippen molar-refractivity contribution in [3.05, 3.63) is 59.3 Å². The summed E-state index contributed by atoms with van der Waals surface area (Å²) >= 11 is 5.63. The maximum atomic E-state index is 13.2. The standard InChI is InChI=1S/C25H30N4O3S/c1-17-20(19-7-4-5-8-21(19)27-17)16-24(30)28-13-6-14-29(28)25(33)26-12-11-18-9-10-22(31-2)23(15-18)32-3/h4-5,7-10,15,27H,6,11-14,16H2,1-3H3,(H,26,33). The molecule has 3 aromatic rings. The third-order valence-corrected chi connectivity index (χ3v) is 6.40. The number of ether oxygens (including phenoxy) is 2. The van der Waals surface area contributed by atoms with Crippen LogP contribution in [0.15, 0.2) is 42.5 Å². The van der Waals surface area contributed by atoms with Crippen LogP contribution in [0, 0.1) is 6.92 Å². The molecular formula is C25H30N4O3S. The largest absolute Gasteiger partial charge is 0.493 e. The number of rotatable bonds is 7. The smallest absolute Gasteiger partial charge is 0.245 e. The molecule has 0 atom stereocenters. The highest BCUT2D eigenvalue weighted by Gasteiger charge is 2.29. The summed E-state index contributed by atoms with van der Waals surface area (Å²) in [5.74, 6) is 1.48. The first-order valence-corrected chi connectivity index (χ1v) is 11.6. The zero-order valence-corrected chi connectivity index (χ0v) is 20.1. The minimum atomic E-state index is 0.0596. The fourth-order valence-corrected chi connectivity index (χ4v) is 4.62. The third-order valence-electron chi connectivity index (χ3n) is 6.05. The van der Waals surface area contributed by atoms with Gasteiger partial charge in [-0.25, -0.2) is 0 Å². The van der Waals surface area contributed by atoms with Gasteiger partial charge in [0.1, 0.15) is 0 Å². The fourth-order valence-electron chi connectivity index (χ4n) is 4.33. The van der Waals surface area contributed by atoms with E-state index in [0.717, 1.165) is 47.1 Å². The Kier molecular flexibility index (Phi) is 7.03. The Morgan fingerprint density at radius 3 is 2.64 bits per heavy atom. The van der Waals surface area contributed by atoms with Gasteiger partial charge in [-0.15, -0.1) is 0 Å². The van der Waals surface area contributed by atoms with E-state index in [-0.39, 0.29) is 5.91 Å². The lowest BCUT2D eigenvalue weighted by molar-refractivity contribution is -0.138. The molecule has 7 nitrogen and oxygen atoms in total. The quantitative estimate of drug-likeness (QED) is 0.519. The van der Waals surface area contributed by atoms with Crippen LogP contribution in [0.4, 0.5) is 0 Å². The van der Waals surface area contributed by atoms with Crippen LogP contribution in [0.2, 0.25) is 0 Å². The molecule has 2 heterocycles. The van der Waals surface area contributed by atoms with Gasteiger partial charge in [0.2, 0.25) is 5.91 Å². The molecule has 2 aromatic carbocycles. The average Bonchev–Trinajstić information content (AvgIpc) is 3.44. The van der Waals surface area contributed by atoms with Crippen molar-refractivity contribution in [1.82, 2.24) is 20.3 Å². The molecule has 0 radical (unpaired) electrons. The number of para-hydroxylation sites is 1. The maximum absolute atomic E-state index is 13.2. The molecule has 1 amide bonds. The number of hydrogen-bond acceptors (Lipinski definition) is 4. The van der Waals surface area contributed by atoms with Crippen LogP contribution in [-0.4, -0.2) is 59.9 Å². The van der Waals surface area contributed by atoms with Crippen molar-refractivity contribution in [3.63, 3.8) is 0 Å². The second kappa shape index (κ2) is 10.1. The number of aromatic amines is 1. The number of H-pyrrole nitrogens is 1. The van der Waals surface area contributed by atoms with Gasteiger partial charge in [-0.2, -0.15) is 0 Å². The molecule has 174 valence electrons. The van der Waals surface area contributed by atoms with Gasteiger partial charge in [-0.05, 0) is 61.3 Å². The number of hydrazine groups is 1. The molecule has 33 heavy (non-hydrogen) atoms. The zero-order valence-electron chi connectivity index (χ0n) is 19.3. The minimum absolute atomic E-state index is 0.0596. The van der Waals surface area contributed by atoms with E-state index in [0.29, 0.717) is 36.1 Å². The molecular weight excluding hydrogens is 436 g/mol. The van der Waals surface area contributed by atoms with Crippen LogP contribution in [0.1, 0.15) is 23.2 Å². The van der Waals surface area contributed by atoms with Crippen molar-refractivity contribution in [2.75, 3.05) is 33.9 Å². The molecule has 2 N–H and O–H groups in total. The van der Waals surface area contributed by atoms with Crippen LogP contribution in [-0.2, 0) is 17.6 Å². The van der Waals surface area contributed by atoms with Gasteiger partial charge in [0.25, 0.3) is 0 Å². The van der Waals surface area contributed by atoms with Gasteiger partial charge in [0.15, 0.2) is 16.6 Å². The van der Waals surface area contributed by atoms with Crippen molar-refractivity contribution in [3.8, 4) is 11.5 Å². The van der Waals surface area contributed by atoms with Crippen LogP contribution >= 0.6 is 12.2 Å². The summed E-state index contributed by atoms with van der Waals surface area (Å²) in [6, 6.07) is 14.0. The minimum Gasteiger partial charge on any atom is -0.493 e. The van der Waals surface area contributed by atoms with E-state index in [1.165, 1.54) is 0 Å². The lowest BCUT2D eigenvalue weighted by Gasteiger charge is -2.30. The van der Waals surface area contributed by atoms with Crippen LogP contribution < -0.4 is 14.8 Å². The average molecular weight is 467 g/mol. The summed E-state index contributed by atoms with van der Waals surface area (Å²) in [4.78, 5) is 16.6. The van der Waals surface area contributed by atoms with E-state index in [4.69, 9.17) is 21.7 Å². The molecule has 4 rings (SSSR count). The maximum Gasteiger partial charge on any atom is 0.245 e. The molecule has 1 saturated heterocycles. The second-order valence-electron chi connectivity index (χ2n) is 8.12. The number of aromatic nitrogens is 1. The normalized spacial score (nSPS) is 13.4. The number of hydrogen-bond donors (Lipinski definition) is 2. The number of carbonyl (C=O) groups is 1. The summed E-state index contributed by atoms with van der Waals surface area (Å²) in [6.07, 6.45) is 2.02. The van der Waals surface area contributed by atoms with Crippen molar-refractivity contribution >= 4 is 34.1 Å². The highest BCUT2D eigenvalue weighted by atomic mass is 32.1. The van der Waals surface area contributed by atoms with Gasteiger partial charge in [0.05, 0.1) is 20.6 Å². The molecule has 0 aliphatic carbocycles. The predicted molar refractivity (Wildman–Crippen MR) is 134 cm³/mol. The lowest BCUT2D eigenvalue weighted by Crippen LogP contribution is -2.49. The molecule has 1 aliphatic heterocycles. The predicted octanol–water partition coefficient (Wildman–Crippen LogP) is 3.60. The summed E-state index contributed by atoms with van der Waals surface area (Å²) in [5.41, 5.74) is 4.26. The van der Waals surface area contributed by atoms with Crippen molar-refractivity contribution < 1.29 is 14.3 Å². The van der Waals surface area contributed by atoms with E-state index >= 15 is 0 Å². The van der Waals surface area contributed by atoms with E-state index in [1.54, 1.807) is 19.2 Å². The fraction of sp³-hybridized carbons (Fsp3) is 0.360. The van der Waals surface area contributed by atoms with E-state index in [2.05, 4.69) is 16.4 Å². The van der Waals surface area contributed by atoms with Gasteiger partial charge < -0.3 is 19.8 Å². The summed E-state index contributed by atoms with van der Waals surface area (Å²) in [6.45, 7) is 4.09. The third kappa shape index (κ3) is 4.90. The molecule has 0 bridgehead atoms.